The number of hydrogen-bond donors (Lipinski definition) is 1. The molecular weight excluding hydrogens is 282 g/mol. The van der Waals surface area contributed by atoms with Crippen molar-refractivity contribution in [3.63, 3.8) is 0 Å². The summed E-state index contributed by atoms with van der Waals surface area (Å²) in [5.41, 5.74) is 1.71. The van der Waals surface area contributed by atoms with Crippen LogP contribution < -0.4 is 4.90 Å². The molecule has 0 saturated carbocycles. The molecule has 0 fully saturated rings. The second-order valence-electron chi connectivity index (χ2n) is 4.89. The van der Waals surface area contributed by atoms with Crippen molar-refractivity contribution < 1.29 is 9.90 Å². The molecule has 0 aromatic carbocycles. The Morgan fingerprint density at radius 1 is 1.27 bits per heavy atom. The summed E-state index contributed by atoms with van der Waals surface area (Å²) in [4.78, 5) is 21.7. The van der Waals surface area contributed by atoms with Gasteiger partial charge >= 0.3 is 5.97 Å². The fourth-order valence-electron chi connectivity index (χ4n) is 2.28. The van der Waals surface area contributed by atoms with Crippen LogP contribution in [0.3, 0.4) is 0 Å². The fraction of sp³-hybridized carbons (Fsp3) is 0.200. The van der Waals surface area contributed by atoms with E-state index in [4.69, 9.17) is 5.11 Å². The monoisotopic (exact) mass is 297 g/mol. The number of carboxylic acid groups (broad SMARTS) is 1. The molecular formula is C15H15N5O2. The van der Waals surface area contributed by atoms with Gasteiger partial charge in [-0.15, -0.1) is 0 Å². The molecule has 0 aliphatic carbocycles. The maximum atomic E-state index is 11.2. The molecule has 0 saturated heterocycles. The summed E-state index contributed by atoms with van der Waals surface area (Å²) in [6.45, 7) is 0.720. The number of carboxylic acids is 1. The third-order valence-corrected chi connectivity index (χ3v) is 3.42. The topological polar surface area (TPSA) is 83.6 Å². The largest absolute Gasteiger partial charge is 0.476 e. The lowest BCUT2D eigenvalue weighted by Gasteiger charge is -2.19. The molecule has 3 heterocycles. The van der Waals surface area contributed by atoms with Gasteiger partial charge in [-0.25, -0.2) is 14.3 Å². The summed E-state index contributed by atoms with van der Waals surface area (Å²) in [7, 11) is 1.92. The minimum atomic E-state index is -1.05. The first-order valence-corrected chi connectivity index (χ1v) is 6.84. The number of pyridine rings is 1. The van der Waals surface area contributed by atoms with Gasteiger partial charge in [0.25, 0.3) is 0 Å². The number of carbonyl (C=O) groups is 1. The summed E-state index contributed by atoms with van der Waals surface area (Å²) < 4.78 is 1.39. The number of anilines is 1. The molecule has 0 spiro atoms. The van der Waals surface area contributed by atoms with Crippen molar-refractivity contribution in [2.45, 2.75) is 6.42 Å². The highest BCUT2D eigenvalue weighted by Gasteiger charge is 2.15. The average Bonchev–Trinajstić information content (AvgIpc) is 3.02. The molecule has 0 aliphatic heterocycles. The van der Waals surface area contributed by atoms with Gasteiger partial charge in [-0.2, -0.15) is 5.10 Å². The summed E-state index contributed by atoms with van der Waals surface area (Å²) in [5, 5.41) is 13.2. The quantitative estimate of drug-likeness (QED) is 0.768. The predicted molar refractivity (Wildman–Crippen MR) is 81.2 cm³/mol. The smallest absolute Gasteiger partial charge is 0.356 e. The predicted octanol–water partition coefficient (Wildman–Crippen LogP) is 1.50. The van der Waals surface area contributed by atoms with E-state index in [1.807, 2.05) is 30.1 Å². The number of hydrogen-bond acceptors (Lipinski definition) is 5. The van der Waals surface area contributed by atoms with E-state index in [1.165, 1.54) is 10.7 Å². The minimum Gasteiger partial charge on any atom is -0.476 e. The van der Waals surface area contributed by atoms with E-state index in [9.17, 15) is 4.79 Å². The summed E-state index contributed by atoms with van der Waals surface area (Å²) in [5.74, 6) is -0.359. The van der Waals surface area contributed by atoms with E-state index in [0.717, 1.165) is 18.7 Å². The molecule has 7 heteroatoms. The van der Waals surface area contributed by atoms with Crippen LogP contribution in [-0.4, -0.2) is 44.3 Å². The number of rotatable bonds is 5. The summed E-state index contributed by atoms with van der Waals surface area (Å²) in [6.07, 6.45) is 5.44. The van der Waals surface area contributed by atoms with E-state index in [2.05, 4.69) is 15.1 Å². The molecule has 0 radical (unpaired) electrons. The van der Waals surface area contributed by atoms with Crippen LogP contribution in [0.2, 0.25) is 0 Å². The van der Waals surface area contributed by atoms with Crippen molar-refractivity contribution in [3.05, 3.63) is 54.2 Å². The number of aromatic nitrogens is 4. The number of nitrogens with zero attached hydrogens (tertiary/aromatic N) is 5. The van der Waals surface area contributed by atoms with Crippen molar-refractivity contribution in [1.29, 1.82) is 0 Å². The molecule has 22 heavy (non-hydrogen) atoms. The molecule has 0 aliphatic rings. The van der Waals surface area contributed by atoms with Crippen LogP contribution in [0.15, 0.2) is 42.9 Å². The Morgan fingerprint density at radius 2 is 2.14 bits per heavy atom. The van der Waals surface area contributed by atoms with E-state index >= 15 is 0 Å². The standard InChI is InChI=1S/C15H15N5O2/c1-19(9-6-11-4-2-3-7-16-11)14-12-5-8-18-20(12)13(10-17-14)15(21)22/h2-5,7-8,10H,6,9H2,1H3,(H,21,22). The van der Waals surface area contributed by atoms with Gasteiger partial charge in [0.2, 0.25) is 0 Å². The highest BCUT2D eigenvalue weighted by molar-refractivity contribution is 5.87. The van der Waals surface area contributed by atoms with Gasteiger partial charge in [0.05, 0.1) is 12.4 Å². The third-order valence-electron chi connectivity index (χ3n) is 3.42. The Hall–Kier alpha value is -2.96. The van der Waals surface area contributed by atoms with Crippen molar-refractivity contribution >= 4 is 17.3 Å². The molecule has 0 bridgehead atoms. The van der Waals surface area contributed by atoms with Crippen molar-refractivity contribution in [2.24, 2.45) is 0 Å². The lowest BCUT2D eigenvalue weighted by Crippen LogP contribution is -2.23. The maximum Gasteiger partial charge on any atom is 0.356 e. The SMILES string of the molecule is CN(CCc1ccccn1)c1ncc(C(=O)O)n2nccc12. The lowest BCUT2D eigenvalue weighted by molar-refractivity contribution is 0.0687. The van der Waals surface area contributed by atoms with Gasteiger partial charge in [-0.3, -0.25) is 4.98 Å². The lowest BCUT2D eigenvalue weighted by atomic mass is 10.2. The Labute approximate surface area is 126 Å². The van der Waals surface area contributed by atoms with Crippen LogP contribution in [0, 0.1) is 0 Å². The Balaban J connectivity index is 1.85. The average molecular weight is 297 g/mol. The Bertz CT molecular complexity index is 800. The van der Waals surface area contributed by atoms with E-state index in [0.29, 0.717) is 11.3 Å². The van der Waals surface area contributed by atoms with E-state index in [-0.39, 0.29) is 5.69 Å². The number of aromatic carboxylic acids is 1. The second-order valence-corrected chi connectivity index (χ2v) is 4.89. The van der Waals surface area contributed by atoms with Crippen LogP contribution in [0.25, 0.3) is 5.52 Å². The van der Waals surface area contributed by atoms with E-state index in [1.54, 1.807) is 18.5 Å². The third kappa shape index (κ3) is 2.60. The first kappa shape index (κ1) is 14.0. The molecule has 3 aromatic rings. The summed E-state index contributed by atoms with van der Waals surface area (Å²) >= 11 is 0. The van der Waals surface area contributed by atoms with Gasteiger partial charge in [-0.05, 0) is 18.2 Å². The molecule has 0 atom stereocenters. The van der Waals surface area contributed by atoms with Gasteiger partial charge in [0.15, 0.2) is 11.5 Å². The van der Waals surface area contributed by atoms with Crippen molar-refractivity contribution in [1.82, 2.24) is 19.6 Å². The van der Waals surface area contributed by atoms with Crippen LogP contribution >= 0.6 is 0 Å². The highest BCUT2D eigenvalue weighted by Crippen LogP contribution is 2.19. The first-order valence-electron chi connectivity index (χ1n) is 6.84. The zero-order chi connectivity index (χ0) is 15.5. The normalized spacial score (nSPS) is 10.8. The zero-order valence-electron chi connectivity index (χ0n) is 12.0. The highest BCUT2D eigenvalue weighted by atomic mass is 16.4. The molecule has 0 unspecified atom stereocenters. The van der Waals surface area contributed by atoms with Gasteiger partial charge in [-0.1, -0.05) is 6.07 Å². The van der Waals surface area contributed by atoms with Gasteiger partial charge in [0, 0.05) is 31.9 Å². The van der Waals surface area contributed by atoms with Crippen molar-refractivity contribution in [3.8, 4) is 0 Å². The number of fused-ring (bicyclic) bond motifs is 1. The van der Waals surface area contributed by atoms with Gasteiger partial charge < -0.3 is 10.0 Å². The zero-order valence-corrected chi connectivity index (χ0v) is 12.0. The van der Waals surface area contributed by atoms with Crippen LogP contribution in [0.5, 0.6) is 0 Å². The van der Waals surface area contributed by atoms with Crippen LogP contribution in [-0.2, 0) is 6.42 Å². The fourth-order valence-corrected chi connectivity index (χ4v) is 2.28. The molecule has 3 aromatic heterocycles. The maximum absolute atomic E-state index is 11.2. The molecule has 3 rings (SSSR count). The molecule has 7 nitrogen and oxygen atoms in total. The summed E-state index contributed by atoms with van der Waals surface area (Å²) in [6, 6.07) is 7.57. The van der Waals surface area contributed by atoms with Crippen molar-refractivity contribution in [2.75, 3.05) is 18.5 Å². The Kier molecular flexibility index (Phi) is 3.69. The second kappa shape index (κ2) is 5.80. The Morgan fingerprint density at radius 3 is 2.86 bits per heavy atom. The number of likely N-dealkylation sites (N-methyl/N-ethyl adjacent to an activating group) is 1. The molecule has 1 N–H and O–H groups in total. The first-order chi connectivity index (χ1) is 10.7. The minimum absolute atomic E-state index is 0.0434. The van der Waals surface area contributed by atoms with Gasteiger partial charge in [0.1, 0.15) is 5.52 Å². The van der Waals surface area contributed by atoms with Crippen LogP contribution in [0.1, 0.15) is 16.2 Å². The molecule has 0 amide bonds. The van der Waals surface area contributed by atoms with Crippen LogP contribution in [0.4, 0.5) is 5.82 Å². The molecule has 112 valence electrons. The van der Waals surface area contributed by atoms with E-state index < -0.39 is 5.97 Å².